The van der Waals surface area contributed by atoms with Crippen LogP contribution in [-0.2, 0) is 25.5 Å². The predicted molar refractivity (Wildman–Crippen MR) is 102 cm³/mol. The van der Waals surface area contributed by atoms with E-state index >= 15 is 0 Å². The number of rotatable bonds is 8. The zero-order chi connectivity index (χ0) is 19.5. The van der Waals surface area contributed by atoms with Crippen molar-refractivity contribution in [2.75, 3.05) is 18.5 Å². The number of aryl methyl sites for hydroxylation is 2. The van der Waals surface area contributed by atoms with Crippen LogP contribution in [-0.4, -0.2) is 30.9 Å². The highest BCUT2D eigenvalue weighted by Crippen LogP contribution is 2.08. The molecule has 0 aromatic heterocycles. The van der Waals surface area contributed by atoms with Gasteiger partial charge in [0.2, 0.25) is 11.8 Å². The quantitative estimate of drug-likeness (QED) is 0.618. The number of anilines is 1. The van der Waals surface area contributed by atoms with Gasteiger partial charge in [-0.15, -0.1) is 0 Å². The second-order valence-corrected chi connectivity index (χ2v) is 5.99. The number of benzene rings is 2. The molecule has 0 unspecified atom stereocenters. The molecule has 2 aromatic rings. The van der Waals surface area contributed by atoms with E-state index in [0.29, 0.717) is 12.1 Å². The van der Waals surface area contributed by atoms with Crippen molar-refractivity contribution in [2.45, 2.75) is 19.8 Å². The summed E-state index contributed by atoms with van der Waals surface area (Å²) in [6, 6.07) is 16.9. The van der Waals surface area contributed by atoms with Crippen molar-refractivity contribution in [1.82, 2.24) is 10.9 Å². The Morgan fingerprint density at radius 3 is 2.15 bits per heavy atom. The fourth-order valence-corrected chi connectivity index (χ4v) is 2.21. The van der Waals surface area contributed by atoms with E-state index in [1.54, 1.807) is 12.1 Å². The molecule has 142 valence electrons. The minimum Gasteiger partial charge on any atom is -0.362 e. The lowest BCUT2D eigenvalue weighted by molar-refractivity contribution is -0.133. The first kappa shape index (κ1) is 20.1. The lowest BCUT2D eigenvalue weighted by Crippen LogP contribution is -2.43. The van der Waals surface area contributed by atoms with Crippen molar-refractivity contribution < 1.29 is 19.1 Å². The highest BCUT2D eigenvalue weighted by Gasteiger charge is 2.07. The standard InChI is InChI=1S/C20H23N3O4/c1-15-7-10-17(11-8-15)21-19(25)13-27-14-20(26)23-22-18(24)12-9-16-5-3-2-4-6-16/h2-8,10-11H,9,12-14H2,1H3,(H,21,25)(H,22,24)(H,23,26). The molecule has 0 saturated heterocycles. The Bertz CT molecular complexity index is 761. The number of hydrazine groups is 1. The van der Waals surface area contributed by atoms with E-state index in [0.717, 1.165) is 11.1 Å². The van der Waals surface area contributed by atoms with Crippen LogP contribution in [0.3, 0.4) is 0 Å². The molecule has 2 rings (SSSR count). The minimum atomic E-state index is -0.536. The molecule has 0 aliphatic carbocycles. The summed E-state index contributed by atoms with van der Waals surface area (Å²) >= 11 is 0. The number of hydrogen-bond acceptors (Lipinski definition) is 4. The molecule has 0 fully saturated rings. The third-order valence-corrected chi connectivity index (χ3v) is 3.63. The van der Waals surface area contributed by atoms with Crippen LogP contribution in [0.15, 0.2) is 54.6 Å². The van der Waals surface area contributed by atoms with Crippen molar-refractivity contribution in [2.24, 2.45) is 0 Å². The molecule has 0 heterocycles. The maximum absolute atomic E-state index is 11.7. The average molecular weight is 369 g/mol. The SMILES string of the molecule is Cc1ccc(NC(=O)COCC(=O)NNC(=O)CCc2ccccc2)cc1. The average Bonchev–Trinajstić information content (AvgIpc) is 2.67. The van der Waals surface area contributed by atoms with Gasteiger partial charge < -0.3 is 10.1 Å². The Hall–Kier alpha value is -3.19. The number of nitrogens with one attached hydrogen (secondary N) is 3. The molecule has 27 heavy (non-hydrogen) atoms. The highest BCUT2D eigenvalue weighted by molar-refractivity contribution is 5.92. The number of amides is 3. The van der Waals surface area contributed by atoms with Crippen molar-refractivity contribution in [3.05, 3.63) is 65.7 Å². The molecule has 2 aromatic carbocycles. The highest BCUT2D eigenvalue weighted by atomic mass is 16.5. The second-order valence-electron chi connectivity index (χ2n) is 5.99. The molecule has 0 spiro atoms. The van der Waals surface area contributed by atoms with E-state index < -0.39 is 5.91 Å². The summed E-state index contributed by atoms with van der Waals surface area (Å²) in [5.41, 5.74) is 7.36. The predicted octanol–water partition coefficient (Wildman–Crippen LogP) is 1.73. The van der Waals surface area contributed by atoms with E-state index in [1.807, 2.05) is 49.4 Å². The van der Waals surface area contributed by atoms with Crippen LogP contribution in [0.2, 0.25) is 0 Å². The smallest absolute Gasteiger partial charge is 0.264 e. The summed E-state index contributed by atoms with van der Waals surface area (Å²) in [6.45, 7) is 1.36. The van der Waals surface area contributed by atoms with Gasteiger partial charge in [0.15, 0.2) is 0 Å². The molecule has 7 nitrogen and oxygen atoms in total. The molecule has 0 saturated carbocycles. The third kappa shape index (κ3) is 8.15. The molecule has 0 bridgehead atoms. The van der Waals surface area contributed by atoms with Crippen molar-refractivity contribution in [3.63, 3.8) is 0 Å². The van der Waals surface area contributed by atoms with Crippen LogP contribution in [0.25, 0.3) is 0 Å². The first-order valence-electron chi connectivity index (χ1n) is 8.59. The normalized spacial score (nSPS) is 10.1. The van der Waals surface area contributed by atoms with Crippen LogP contribution in [0.1, 0.15) is 17.5 Å². The Balaban J connectivity index is 1.56. The first-order valence-corrected chi connectivity index (χ1v) is 8.59. The van der Waals surface area contributed by atoms with E-state index in [1.165, 1.54) is 0 Å². The zero-order valence-electron chi connectivity index (χ0n) is 15.2. The molecular weight excluding hydrogens is 346 g/mol. The third-order valence-electron chi connectivity index (χ3n) is 3.63. The van der Waals surface area contributed by atoms with E-state index in [-0.39, 0.29) is 31.4 Å². The fourth-order valence-electron chi connectivity index (χ4n) is 2.21. The van der Waals surface area contributed by atoms with Gasteiger partial charge in [-0.05, 0) is 31.0 Å². The summed E-state index contributed by atoms with van der Waals surface area (Å²) in [4.78, 5) is 35.0. The van der Waals surface area contributed by atoms with Crippen LogP contribution >= 0.6 is 0 Å². The Kier molecular flexibility index (Phi) is 7.99. The number of hydrogen-bond donors (Lipinski definition) is 3. The minimum absolute atomic E-state index is 0.254. The number of ether oxygens (including phenoxy) is 1. The van der Waals surface area contributed by atoms with Crippen molar-refractivity contribution >= 4 is 23.4 Å². The molecular formula is C20H23N3O4. The maximum atomic E-state index is 11.7. The first-order chi connectivity index (χ1) is 13.0. The molecule has 0 aliphatic rings. The van der Waals surface area contributed by atoms with Gasteiger partial charge in [0.05, 0.1) is 0 Å². The van der Waals surface area contributed by atoms with Gasteiger partial charge in [-0.25, -0.2) is 0 Å². The van der Waals surface area contributed by atoms with Crippen molar-refractivity contribution in [3.8, 4) is 0 Å². The van der Waals surface area contributed by atoms with Gasteiger partial charge in [-0.1, -0.05) is 48.0 Å². The van der Waals surface area contributed by atoms with Gasteiger partial charge in [-0.2, -0.15) is 0 Å². The summed E-state index contributed by atoms with van der Waals surface area (Å²) in [7, 11) is 0. The molecule has 0 atom stereocenters. The molecule has 0 aliphatic heterocycles. The van der Waals surface area contributed by atoms with E-state index in [4.69, 9.17) is 4.74 Å². The van der Waals surface area contributed by atoms with Gasteiger partial charge in [0.25, 0.3) is 5.91 Å². The Morgan fingerprint density at radius 1 is 0.815 bits per heavy atom. The van der Waals surface area contributed by atoms with Crippen LogP contribution < -0.4 is 16.2 Å². The fraction of sp³-hybridized carbons (Fsp3) is 0.250. The largest absolute Gasteiger partial charge is 0.362 e. The van der Waals surface area contributed by atoms with Crippen LogP contribution in [0.4, 0.5) is 5.69 Å². The molecule has 7 heteroatoms. The molecule has 3 N–H and O–H groups in total. The summed E-state index contributed by atoms with van der Waals surface area (Å²) < 4.78 is 5.04. The summed E-state index contributed by atoms with van der Waals surface area (Å²) in [5.74, 6) is -1.20. The molecule has 0 radical (unpaired) electrons. The monoisotopic (exact) mass is 369 g/mol. The maximum Gasteiger partial charge on any atom is 0.264 e. The molecule has 3 amide bonds. The summed E-state index contributed by atoms with van der Waals surface area (Å²) in [5, 5.41) is 2.66. The lowest BCUT2D eigenvalue weighted by Gasteiger charge is -2.09. The number of carbonyl (C=O) groups excluding carboxylic acids is 3. The lowest BCUT2D eigenvalue weighted by atomic mass is 10.1. The van der Waals surface area contributed by atoms with Gasteiger partial charge >= 0.3 is 0 Å². The van der Waals surface area contributed by atoms with Crippen molar-refractivity contribution in [1.29, 1.82) is 0 Å². The van der Waals surface area contributed by atoms with Gasteiger partial charge in [0.1, 0.15) is 13.2 Å². The van der Waals surface area contributed by atoms with E-state index in [2.05, 4.69) is 16.2 Å². The topological polar surface area (TPSA) is 96.5 Å². The van der Waals surface area contributed by atoms with Gasteiger partial charge in [0, 0.05) is 12.1 Å². The second kappa shape index (κ2) is 10.7. The Morgan fingerprint density at radius 2 is 1.44 bits per heavy atom. The van der Waals surface area contributed by atoms with Gasteiger partial charge in [-0.3, -0.25) is 25.2 Å². The zero-order valence-corrected chi connectivity index (χ0v) is 15.2. The Labute approximate surface area is 158 Å². The number of carbonyl (C=O) groups is 3. The van der Waals surface area contributed by atoms with E-state index in [9.17, 15) is 14.4 Å². The van der Waals surface area contributed by atoms with Crippen LogP contribution in [0, 0.1) is 6.92 Å². The van der Waals surface area contributed by atoms with Crippen LogP contribution in [0.5, 0.6) is 0 Å². The summed E-state index contributed by atoms with van der Waals surface area (Å²) in [6.07, 6.45) is 0.836.